The maximum atomic E-state index is 12.5. The Labute approximate surface area is 174 Å². The predicted molar refractivity (Wildman–Crippen MR) is 118 cm³/mol. The number of thioether (sulfide) groups is 1. The summed E-state index contributed by atoms with van der Waals surface area (Å²) in [6.45, 7) is 4.83. The Kier molecular flexibility index (Phi) is 6.99. The lowest BCUT2D eigenvalue weighted by atomic mass is 10.1. The zero-order valence-corrected chi connectivity index (χ0v) is 17.4. The third kappa shape index (κ3) is 5.64. The number of hydrogen-bond donors (Lipinski definition) is 1. The van der Waals surface area contributed by atoms with Gasteiger partial charge in [0.2, 0.25) is 0 Å². The number of ether oxygens (including phenoxy) is 1. The lowest BCUT2D eigenvalue weighted by Gasteiger charge is -2.15. The van der Waals surface area contributed by atoms with Gasteiger partial charge in [-0.3, -0.25) is 9.59 Å². The van der Waals surface area contributed by atoms with Crippen molar-refractivity contribution in [2.75, 3.05) is 6.61 Å². The summed E-state index contributed by atoms with van der Waals surface area (Å²) in [5.74, 6) is -0.0872. The molecule has 1 N–H and O–H groups in total. The van der Waals surface area contributed by atoms with Gasteiger partial charge in [-0.05, 0) is 46.9 Å². The van der Waals surface area contributed by atoms with Crippen LogP contribution in [-0.4, -0.2) is 32.7 Å². The fourth-order valence-corrected chi connectivity index (χ4v) is 4.19. The van der Waals surface area contributed by atoms with Crippen LogP contribution in [0.2, 0.25) is 0 Å². The lowest BCUT2D eigenvalue weighted by molar-refractivity contribution is -0.136. The summed E-state index contributed by atoms with van der Waals surface area (Å²) in [6.07, 6.45) is 2.26. The number of carboxylic acids is 1. The van der Waals surface area contributed by atoms with Gasteiger partial charge in [0.05, 0.1) is 6.54 Å². The molecule has 1 unspecified atom stereocenters. The van der Waals surface area contributed by atoms with Crippen LogP contribution in [-0.2, 0) is 17.8 Å². The van der Waals surface area contributed by atoms with Crippen LogP contribution in [0.4, 0.5) is 0 Å². The zero-order valence-electron chi connectivity index (χ0n) is 16.6. The molecule has 0 bridgehead atoms. The molecule has 2 aromatic carbocycles. The van der Waals surface area contributed by atoms with Gasteiger partial charge in [0.15, 0.2) is 0 Å². The molecule has 29 heavy (non-hydrogen) atoms. The van der Waals surface area contributed by atoms with Crippen LogP contribution >= 0.6 is 11.8 Å². The van der Waals surface area contributed by atoms with Crippen molar-refractivity contribution in [1.82, 2.24) is 4.57 Å². The molecular weight excluding hydrogens is 386 g/mol. The Hall–Kier alpha value is -2.73. The first-order chi connectivity index (χ1) is 13.9. The van der Waals surface area contributed by atoms with Gasteiger partial charge in [0, 0.05) is 11.6 Å². The molecule has 1 aromatic heterocycles. The van der Waals surface area contributed by atoms with Gasteiger partial charge in [-0.15, -0.1) is 11.8 Å². The first kappa shape index (κ1) is 21.0. The van der Waals surface area contributed by atoms with Crippen molar-refractivity contribution in [2.24, 2.45) is 0 Å². The molecule has 0 saturated heterocycles. The highest BCUT2D eigenvalue weighted by atomic mass is 32.2. The molecule has 0 aliphatic heterocycles. The van der Waals surface area contributed by atoms with Crippen molar-refractivity contribution in [3.63, 3.8) is 0 Å². The first-order valence-electron chi connectivity index (χ1n) is 9.62. The Morgan fingerprint density at radius 2 is 1.83 bits per heavy atom. The van der Waals surface area contributed by atoms with Crippen molar-refractivity contribution in [3.05, 3.63) is 76.7 Å². The van der Waals surface area contributed by atoms with Crippen LogP contribution in [0.25, 0.3) is 10.8 Å². The molecule has 0 amide bonds. The molecule has 0 spiro atoms. The van der Waals surface area contributed by atoms with Crippen LogP contribution in [0.5, 0.6) is 5.75 Å². The van der Waals surface area contributed by atoms with Gasteiger partial charge in [-0.25, -0.2) is 0 Å². The maximum Gasteiger partial charge on any atom is 0.316 e. The number of aromatic nitrogens is 1. The van der Waals surface area contributed by atoms with Crippen LogP contribution < -0.4 is 10.3 Å². The zero-order chi connectivity index (χ0) is 20.8. The number of aliphatic carboxylic acids is 1. The molecule has 1 heterocycles. The summed E-state index contributed by atoms with van der Waals surface area (Å²) in [5, 5.41) is 10.8. The molecule has 5 nitrogen and oxygen atoms in total. The van der Waals surface area contributed by atoms with E-state index in [2.05, 4.69) is 0 Å². The van der Waals surface area contributed by atoms with Crippen molar-refractivity contribution in [1.29, 1.82) is 0 Å². The SMILES string of the molecule is CC(C)SC(Cc1ccc(OCCn2ccc3ccccc3c2=O)cc1)C(=O)O. The van der Waals surface area contributed by atoms with Gasteiger partial charge in [0.1, 0.15) is 17.6 Å². The minimum Gasteiger partial charge on any atom is -0.492 e. The molecule has 0 aliphatic rings. The monoisotopic (exact) mass is 411 g/mol. The number of fused-ring (bicyclic) bond motifs is 1. The van der Waals surface area contributed by atoms with Crippen molar-refractivity contribution < 1.29 is 14.6 Å². The Balaban J connectivity index is 1.57. The molecule has 6 heteroatoms. The van der Waals surface area contributed by atoms with Gasteiger partial charge in [-0.2, -0.15) is 0 Å². The molecule has 3 rings (SSSR count). The van der Waals surface area contributed by atoms with Crippen LogP contribution in [0.3, 0.4) is 0 Å². The van der Waals surface area contributed by atoms with E-state index in [1.54, 1.807) is 10.8 Å². The first-order valence-corrected chi connectivity index (χ1v) is 10.6. The fourth-order valence-electron chi connectivity index (χ4n) is 3.13. The summed E-state index contributed by atoms with van der Waals surface area (Å²) in [4.78, 5) is 23.9. The largest absolute Gasteiger partial charge is 0.492 e. The lowest BCUT2D eigenvalue weighted by Crippen LogP contribution is -2.22. The molecular formula is C23H25NO4S. The average molecular weight is 412 g/mol. The smallest absolute Gasteiger partial charge is 0.316 e. The number of rotatable bonds is 9. The normalized spacial score (nSPS) is 12.2. The minimum absolute atomic E-state index is 0.0237. The number of hydrogen-bond acceptors (Lipinski definition) is 4. The van der Waals surface area contributed by atoms with Crippen molar-refractivity contribution in [2.45, 2.75) is 37.3 Å². The molecule has 1 atom stereocenters. The molecule has 0 saturated carbocycles. The molecule has 152 valence electrons. The van der Waals surface area contributed by atoms with E-state index in [0.29, 0.717) is 30.7 Å². The quantitative estimate of drug-likeness (QED) is 0.571. The van der Waals surface area contributed by atoms with Crippen LogP contribution in [0.15, 0.2) is 65.6 Å². The second-order valence-electron chi connectivity index (χ2n) is 7.11. The highest BCUT2D eigenvalue weighted by molar-refractivity contribution is 8.01. The summed E-state index contributed by atoms with van der Waals surface area (Å²) in [7, 11) is 0. The van der Waals surface area contributed by atoms with E-state index >= 15 is 0 Å². The third-order valence-corrected chi connectivity index (χ3v) is 5.78. The van der Waals surface area contributed by atoms with E-state index < -0.39 is 11.2 Å². The van der Waals surface area contributed by atoms with E-state index in [1.807, 2.05) is 68.4 Å². The van der Waals surface area contributed by atoms with E-state index in [9.17, 15) is 14.7 Å². The van der Waals surface area contributed by atoms with Gasteiger partial charge in [0.25, 0.3) is 5.56 Å². The molecule has 0 fully saturated rings. The second kappa shape index (κ2) is 9.65. The van der Waals surface area contributed by atoms with Crippen molar-refractivity contribution >= 4 is 28.5 Å². The predicted octanol–water partition coefficient (Wildman–Crippen LogP) is 4.22. The number of carboxylic acid groups (broad SMARTS) is 1. The van der Waals surface area contributed by atoms with Crippen LogP contribution in [0, 0.1) is 0 Å². The number of nitrogens with zero attached hydrogens (tertiary/aromatic N) is 1. The summed E-state index contributed by atoms with van der Waals surface area (Å²) in [5.41, 5.74) is 0.938. The Morgan fingerprint density at radius 3 is 2.52 bits per heavy atom. The number of pyridine rings is 1. The summed E-state index contributed by atoms with van der Waals surface area (Å²) >= 11 is 1.46. The van der Waals surface area contributed by atoms with Crippen molar-refractivity contribution in [3.8, 4) is 5.75 Å². The van der Waals surface area contributed by atoms with Crippen LogP contribution in [0.1, 0.15) is 19.4 Å². The molecule has 0 radical (unpaired) electrons. The standard InChI is InChI=1S/C23H25NO4S/c1-16(2)29-21(23(26)27)15-17-7-9-19(10-8-17)28-14-13-24-12-11-18-5-3-4-6-20(18)22(24)25/h3-12,16,21H,13-15H2,1-2H3,(H,26,27). The maximum absolute atomic E-state index is 12.5. The van der Waals surface area contributed by atoms with E-state index in [-0.39, 0.29) is 10.8 Å². The van der Waals surface area contributed by atoms with Gasteiger partial charge < -0.3 is 14.4 Å². The fraction of sp³-hybridized carbons (Fsp3) is 0.304. The minimum atomic E-state index is -0.787. The summed E-state index contributed by atoms with van der Waals surface area (Å²) in [6, 6.07) is 16.9. The van der Waals surface area contributed by atoms with E-state index in [1.165, 1.54) is 11.8 Å². The Morgan fingerprint density at radius 1 is 1.10 bits per heavy atom. The highest BCUT2D eigenvalue weighted by Crippen LogP contribution is 2.22. The van der Waals surface area contributed by atoms with E-state index in [0.717, 1.165) is 10.9 Å². The average Bonchev–Trinajstić information content (AvgIpc) is 2.70. The number of benzene rings is 2. The molecule has 0 aliphatic carbocycles. The second-order valence-corrected chi connectivity index (χ2v) is 8.89. The highest BCUT2D eigenvalue weighted by Gasteiger charge is 2.19. The molecule has 3 aromatic rings. The Bertz CT molecular complexity index is 1030. The number of carbonyl (C=O) groups is 1. The topological polar surface area (TPSA) is 68.5 Å². The van der Waals surface area contributed by atoms with Gasteiger partial charge in [-0.1, -0.05) is 44.2 Å². The van der Waals surface area contributed by atoms with E-state index in [4.69, 9.17) is 4.74 Å². The third-order valence-electron chi connectivity index (χ3n) is 4.54. The summed E-state index contributed by atoms with van der Waals surface area (Å²) < 4.78 is 7.42. The van der Waals surface area contributed by atoms with Gasteiger partial charge >= 0.3 is 5.97 Å².